The number of ether oxygens (including phenoxy) is 2. The summed E-state index contributed by atoms with van der Waals surface area (Å²) in [6.07, 6.45) is 0.854. The fraction of sp³-hybridized carbons (Fsp3) is 0.647. The fourth-order valence-electron chi connectivity index (χ4n) is 2.82. The Kier molecular flexibility index (Phi) is 4.64. The maximum absolute atomic E-state index is 14.1. The first-order valence-corrected chi connectivity index (χ1v) is 11.9. The zero-order valence-electron chi connectivity index (χ0n) is 14.2. The molecule has 0 spiro atoms. The molecule has 3 rings (SSSR count). The highest BCUT2D eigenvalue weighted by Gasteiger charge is 2.61. The second-order valence-electron chi connectivity index (χ2n) is 7.64. The van der Waals surface area contributed by atoms with Crippen LogP contribution in [0.5, 0.6) is 0 Å². The number of piperidine rings is 1. The molecule has 2 saturated heterocycles. The standard InChI is InChI=1S/C17H25BrFNO2Si/c1-16(2,23(3)4)11-21-17-7-8-20(10-15(17)22-17)14-6-5-12(18)9-13(14)19/h5-6,9,15,23H,7-8,10-11H2,1-4H3/t15-,17-/m1/s1. The zero-order valence-corrected chi connectivity index (χ0v) is 17.0. The van der Waals surface area contributed by atoms with Gasteiger partial charge in [-0.25, -0.2) is 4.39 Å². The molecule has 2 aliphatic heterocycles. The van der Waals surface area contributed by atoms with E-state index in [-0.39, 0.29) is 17.0 Å². The molecular weight excluding hydrogens is 377 g/mol. The first-order valence-electron chi connectivity index (χ1n) is 8.25. The molecule has 0 unspecified atom stereocenters. The summed E-state index contributed by atoms with van der Waals surface area (Å²) in [7, 11) is -0.782. The molecule has 3 nitrogen and oxygen atoms in total. The third-order valence-corrected chi connectivity index (χ3v) is 9.18. The quantitative estimate of drug-likeness (QED) is 0.546. The second-order valence-corrected chi connectivity index (χ2v) is 12.4. The van der Waals surface area contributed by atoms with Gasteiger partial charge in [0.25, 0.3) is 0 Å². The van der Waals surface area contributed by atoms with Gasteiger partial charge in [-0.2, -0.15) is 0 Å². The van der Waals surface area contributed by atoms with E-state index in [1.165, 1.54) is 6.07 Å². The minimum atomic E-state index is -0.782. The van der Waals surface area contributed by atoms with Crippen LogP contribution in [-0.4, -0.2) is 40.4 Å². The van der Waals surface area contributed by atoms with Crippen LogP contribution in [0.1, 0.15) is 20.3 Å². The molecule has 1 aromatic carbocycles. The third kappa shape index (κ3) is 3.50. The Hall–Kier alpha value is -0.433. The van der Waals surface area contributed by atoms with Crippen molar-refractivity contribution in [1.82, 2.24) is 0 Å². The maximum atomic E-state index is 14.1. The highest BCUT2D eigenvalue weighted by Crippen LogP contribution is 2.47. The molecule has 1 aromatic rings. The van der Waals surface area contributed by atoms with E-state index < -0.39 is 14.6 Å². The van der Waals surface area contributed by atoms with E-state index in [2.05, 4.69) is 47.8 Å². The van der Waals surface area contributed by atoms with Gasteiger partial charge >= 0.3 is 0 Å². The topological polar surface area (TPSA) is 25.0 Å². The number of epoxide rings is 1. The van der Waals surface area contributed by atoms with Gasteiger partial charge in [-0.3, -0.25) is 0 Å². The van der Waals surface area contributed by atoms with Crippen LogP contribution < -0.4 is 4.90 Å². The van der Waals surface area contributed by atoms with Crippen LogP contribution in [0.15, 0.2) is 22.7 Å². The van der Waals surface area contributed by atoms with Crippen molar-refractivity contribution in [3.8, 4) is 0 Å². The molecule has 0 saturated carbocycles. The van der Waals surface area contributed by atoms with E-state index in [9.17, 15) is 4.39 Å². The predicted octanol–water partition coefficient (Wildman–Crippen LogP) is 4.18. The molecule has 2 aliphatic rings. The molecule has 0 aromatic heterocycles. The number of nitrogens with zero attached hydrogens (tertiary/aromatic N) is 1. The predicted molar refractivity (Wildman–Crippen MR) is 97.4 cm³/mol. The van der Waals surface area contributed by atoms with Gasteiger partial charge in [0, 0.05) is 32.8 Å². The maximum Gasteiger partial charge on any atom is 0.198 e. The van der Waals surface area contributed by atoms with Gasteiger partial charge in [0.05, 0.1) is 12.3 Å². The van der Waals surface area contributed by atoms with Crippen molar-refractivity contribution in [2.45, 2.75) is 50.3 Å². The van der Waals surface area contributed by atoms with Gasteiger partial charge in [0.1, 0.15) is 11.9 Å². The van der Waals surface area contributed by atoms with Gasteiger partial charge in [0.15, 0.2) is 5.79 Å². The van der Waals surface area contributed by atoms with Gasteiger partial charge in [-0.05, 0) is 23.2 Å². The molecular formula is C17H25BrFNO2Si. The smallest absolute Gasteiger partial charge is 0.198 e. The molecule has 2 fully saturated rings. The van der Waals surface area contributed by atoms with Crippen LogP contribution >= 0.6 is 15.9 Å². The van der Waals surface area contributed by atoms with Crippen molar-refractivity contribution in [2.24, 2.45) is 0 Å². The molecule has 0 aliphatic carbocycles. The van der Waals surface area contributed by atoms with Crippen LogP contribution in [0, 0.1) is 5.82 Å². The summed E-state index contributed by atoms with van der Waals surface area (Å²) in [6.45, 7) is 11.5. The Balaban J connectivity index is 1.60. The molecule has 0 bridgehead atoms. The number of rotatable bonds is 5. The molecule has 23 heavy (non-hydrogen) atoms. The van der Waals surface area contributed by atoms with Crippen LogP contribution in [0.25, 0.3) is 0 Å². The monoisotopic (exact) mass is 401 g/mol. The van der Waals surface area contributed by atoms with E-state index in [4.69, 9.17) is 9.47 Å². The highest BCUT2D eigenvalue weighted by atomic mass is 79.9. The number of hydrogen-bond acceptors (Lipinski definition) is 3. The Morgan fingerprint density at radius 2 is 2.22 bits per heavy atom. The summed E-state index contributed by atoms with van der Waals surface area (Å²) in [4.78, 5) is 2.06. The average molecular weight is 402 g/mol. The summed E-state index contributed by atoms with van der Waals surface area (Å²) in [5.74, 6) is -0.608. The van der Waals surface area contributed by atoms with Crippen LogP contribution in [-0.2, 0) is 9.47 Å². The fourth-order valence-corrected chi connectivity index (χ4v) is 3.57. The minimum Gasteiger partial charge on any atom is -0.366 e. The van der Waals surface area contributed by atoms with Gasteiger partial charge in [-0.15, -0.1) is 0 Å². The Labute approximate surface area is 147 Å². The number of fused-ring (bicyclic) bond motifs is 1. The van der Waals surface area contributed by atoms with E-state index in [1.54, 1.807) is 0 Å². The highest BCUT2D eigenvalue weighted by molar-refractivity contribution is 9.10. The lowest BCUT2D eigenvalue weighted by Gasteiger charge is -2.33. The van der Waals surface area contributed by atoms with Crippen molar-refractivity contribution in [3.63, 3.8) is 0 Å². The first kappa shape index (κ1) is 17.4. The van der Waals surface area contributed by atoms with E-state index in [0.717, 1.165) is 24.0 Å². The first-order chi connectivity index (χ1) is 10.7. The third-order valence-electron chi connectivity index (χ3n) is 5.39. The lowest BCUT2D eigenvalue weighted by Crippen LogP contribution is -2.42. The molecule has 2 atom stereocenters. The van der Waals surface area contributed by atoms with Gasteiger partial charge < -0.3 is 14.4 Å². The zero-order chi connectivity index (χ0) is 16.8. The van der Waals surface area contributed by atoms with Crippen molar-refractivity contribution in [1.29, 1.82) is 0 Å². The number of anilines is 1. The molecule has 0 amide bonds. The van der Waals surface area contributed by atoms with Crippen molar-refractivity contribution in [2.75, 3.05) is 24.6 Å². The molecule has 0 N–H and O–H groups in total. The largest absolute Gasteiger partial charge is 0.366 e. The normalized spacial score (nSPS) is 27.3. The molecule has 128 valence electrons. The SMILES string of the molecule is C[SiH](C)C(C)(C)CO[C@@]12CCN(c3ccc(Br)cc3F)C[C@H]1O2. The Morgan fingerprint density at radius 3 is 2.83 bits per heavy atom. The summed E-state index contributed by atoms with van der Waals surface area (Å²) in [5.41, 5.74) is 0.646. The summed E-state index contributed by atoms with van der Waals surface area (Å²) in [6, 6.07) is 5.21. The number of benzene rings is 1. The average Bonchev–Trinajstić information content (AvgIpc) is 3.19. The van der Waals surface area contributed by atoms with Crippen molar-refractivity contribution in [3.05, 3.63) is 28.5 Å². The molecule has 2 heterocycles. The lowest BCUT2D eigenvalue weighted by molar-refractivity contribution is -0.0576. The Morgan fingerprint density at radius 1 is 1.48 bits per heavy atom. The lowest BCUT2D eigenvalue weighted by atomic mass is 10.1. The second kappa shape index (κ2) is 6.13. The molecule has 0 radical (unpaired) electrons. The summed E-state index contributed by atoms with van der Waals surface area (Å²) < 4.78 is 26.9. The summed E-state index contributed by atoms with van der Waals surface area (Å²) >= 11 is 3.30. The number of hydrogen-bond donors (Lipinski definition) is 0. The van der Waals surface area contributed by atoms with E-state index in [0.29, 0.717) is 12.2 Å². The van der Waals surface area contributed by atoms with Gasteiger partial charge in [0.2, 0.25) is 0 Å². The number of halogens is 2. The van der Waals surface area contributed by atoms with Crippen molar-refractivity contribution < 1.29 is 13.9 Å². The van der Waals surface area contributed by atoms with Crippen LogP contribution in [0.4, 0.5) is 10.1 Å². The minimum absolute atomic E-state index is 0.0592. The van der Waals surface area contributed by atoms with E-state index >= 15 is 0 Å². The molecule has 6 heteroatoms. The van der Waals surface area contributed by atoms with Crippen LogP contribution in [0.3, 0.4) is 0 Å². The summed E-state index contributed by atoms with van der Waals surface area (Å²) in [5, 5.41) is 0.264. The van der Waals surface area contributed by atoms with Gasteiger partial charge in [-0.1, -0.05) is 42.9 Å². The Bertz CT molecular complexity index is 598. The van der Waals surface area contributed by atoms with Crippen molar-refractivity contribution >= 4 is 30.4 Å². The van der Waals surface area contributed by atoms with Crippen LogP contribution in [0.2, 0.25) is 18.1 Å². The van der Waals surface area contributed by atoms with E-state index in [1.807, 2.05) is 12.1 Å².